The second-order valence-corrected chi connectivity index (χ2v) is 6.41. The van der Waals surface area contributed by atoms with E-state index in [1.807, 2.05) is 18.7 Å². The fourth-order valence-electron chi connectivity index (χ4n) is 3.79. The first-order chi connectivity index (χ1) is 9.54. The van der Waals surface area contributed by atoms with Crippen LogP contribution >= 0.6 is 0 Å². The average molecular weight is 280 g/mol. The second-order valence-electron chi connectivity index (χ2n) is 6.41. The van der Waals surface area contributed by atoms with E-state index in [0.717, 1.165) is 0 Å². The predicted molar refractivity (Wildman–Crippen MR) is 79.2 cm³/mol. The van der Waals surface area contributed by atoms with Gasteiger partial charge in [-0.3, -0.25) is 9.59 Å². The Morgan fingerprint density at radius 2 is 1.80 bits per heavy atom. The van der Waals surface area contributed by atoms with E-state index in [0.29, 0.717) is 18.8 Å². The molecule has 0 bridgehead atoms. The van der Waals surface area contributed by atoms with Crippen LogP contribution in [0, 0.1) is 5.92 Å². The summed E-state index contributed by atoms with van der Waals surface area (Å²) in [5.41, 5.74) is -0.668. The summed E-state index contributed by atoms with van der Waals surface area (Å²) < 4.78 is 0. The minimum absolute atomic E-state index is 0.00374. The standard InChI is InChI=1S/C16H28N2O2/c1-4-16(5-2)15(20)18(11-14(19)17-16)12(3)13-9-7-6-8-10-13/h12-13H,4-11H2,1-3H3,(H,17,19). The van der Waals surface area contributed by atoms with Crippen LogP contribution in [0.15, 0.2) is 0 Å². The lowest BCUT2D eigenvalue weighted by atomic mass is 9.82. The number of hydrogen-bond acceptors (Lipinski definition) is 2. The van der Waals surface area contributed by atoms with Gasteiger partial charge in [0.2, 0.25) is 11.8 Å². The van der Waals surface area contributed by atoms with Gasteiger partial charge in [-0.25, -0.2) is 0 Å². The Balaban J connectivity index is 2.16. The Morgan fingerprint density at radius 3 is 2.35 bits per heavy atom. The van der Waals surface area contributed by atoms with E-state index in [4.69, 9.17) is 0 Å². The molecule has 2 rings (SSSR count). The largest absolute Gasteiger partial charge is 0.340 e. The Bertz CT molecular complexity index is 371. The molecule has 1 atom stereocenters. The number of nitrogens with one attached hydrogen (secondary N) is 1. The fraction of sp³-hybridized carbons (Fsp3) is 0.875. The maximum atomic E-state index is 12.9. The van der Waals surface area contributed by atoms with Gasteiger partial charge in [-0.15, -0.1) is 0 Å². The molecule has 1 aliphatic heterocycles. The zero-order chi connectivity index (χ0) is 14.8. The summed E-state index contributed by atoms with van der Waals surface area (Å²) in [6, 6.07) is 0.186. The summed E-state index contributed by atoms with van der Waals surface area (Å²) in [7, 11) is 0. The van der Waals surface area contributed by atoms with Crippen LogP contribution in [0.4, 0.5) is 0 Å². The van der Waals surface area contributed by atoms with Crippen LogP contribution in [0.5, 0.6) is 0 Å². The van der Waals surface area contributed by atoms with Gasteiger partial charge >= 0.3 is 0 Å². The fourth-order valence-corrected chi connectivity index (χ4v) is 3.79. The molecule has 0 aromatic rings. The van der Waals surface area contributed by atoms with Gasteiger partial charge in [-0.1, -0.05) is 33.1 Å². The number of hydrogen-bond donors (Lipinski definition) is 1. The highest BCUT2D eigenvalue weighted by Gasteiger charge is 2.46. The van der Waals surface area contributed by atoms with Gasteiger partial charge in [0.05, 0.1) is 6.54 Å². The lowest BCUT2D eigenvalue weighted by molar-refractivity contribution is -0.154. The molecule has 0 aromatic heterocycles. The van der Waals surface area contributed by atoms with Gasteiger partial charge in [0.25, 0.3) is 0 Å². The number of carbonyl (C=O) groups excluding carboxylic acids is 2. The number of carbonyl (C=O) groups is 2. The first-order valence-electron chi connectivity index (χ1n) is 8.16. The van der Waals surface area contributed by atoms with Gasteiger partial charge in [-0.05, 0) is 38.5 Å². The molecule has 0 spiro atoms. The van der Waals surface area contributed by atoms with Crippen LogP contribution in [0.25, 0.3) is 0 Å². The van der Waals surface area contributed by atoms with Gasteiger partial charge in [0.1, 0.15) is 5.54 Å². The third-order valence-corrected chi connectivity index (χ3v) is 5.39. The molecule has 1 aliphatic carbocycles. The minimum Gasteiger partial charge on any atom is -0.340 e. The molecule has 4 heteroatoms. The smallest absolute Gasteiger partial charge is 0.249 e. The molecular weight excluding hydrogens is 252 g/mol. The summed E-state index contributed by atoms with van der Waals surface area (Å²) in [4.78, 5) is 26.7. The Morgan fingerprint density at radius 1 is 1.20 bits per heavy atom. The van der Waals surface area contributed by atoms with Crippen molar-refractivity contribution in [2.24, 2.45) is 5.92 Å². The van der Waals surface area contributed by atoms with Gasteiger partial charge in [-0.2, -0.15) is 0 Å². The van der Waals surface area contributed by atoms with Gasteiger partial charge < -0.3 is 10.2 Å². The van der Waals surface area contributed by atoms with Crippen molar-refractivity contribution in [2.75, 3.05) is 6.54 Å². The molecule has 1 saturated carbocycles. The topological polar surface area (TPSA) is 49.4 Å². The van der Waals surface area contributed by atoms with Crippen molar-refractivity contribution < 1.29 is 9.59 Å². The van der Waals surface area contributed by atoms with Gasteiger partial charge in [0.15, 0.2) is 0 Å². The molecule has 2 amide bonds. The van der Waals surface area contributed by atoms with E-state index < -0.39 is 5.54 Å². The zero-order valence-electron chi connectivity index (χ0n) is 13.1. The summed E-state index contributed by atoms with van der Waals surface area (Å²) in [6.45, 7) is 6.33. The molecular formula is C16H28N2O2. The van der Waals surface area contributed by atoms with Crippen molar-refractivity contribution in [1.29, 1.82) is 0 Å². The Kier molecular flexibility index (Phi) is 4.71. The van der Waals surface area contributed by atoms with Crippen LogP contribution in [0.3, 0.4) is 0 Å². The number of amides is 2. The lowest BCUT2D eigenvalue weighted by Gasteiger charge is -2.46. The summed E-state index contributed by atoms with van der Waals surface area (Å²) >= 11 is 0. The van der Waals surface area contributed by atoms with E-state index in [1.54, 1.807) is 0 Å². The summed E-state index contributed by atoms with van der Waals surface area (Å²) in [5, 5.41) is 2.94. The maximum absolute atomic E-state index is 12.9. The minimum atomic E-state index is -0.668. The zero-order valence-corrected chi connectivity index (χ0v) is 13.1. The van der Waals surface area contributed by atoms with Crippen LogP contribution in [-0.2, 0) is 9.59 Å². The van der Waals surface area contributed by atoms with Gasteiger partial charge in [0, 0.05) is 6.04 Å². The molecule has 4 nitrogen and oxygen atoms in total. The molecule has 2 aliphatic rings. The first-order valence-corrected chi connectivity index (χ1v) is 8.16. The van der Waals surface area contributed by atoms with Crippen LogP contribution < -0.4 is 5.32 Å². The number of nitrogens with zero attached hydrogens (tertiary/aromatic N) is 1. The molecule has 114 valence electrons. The molecule has 2 fully saturated rings. The SMILES string of the molecule is CCC1(CC)NC(=O)CN(C(C)C2CCCCC2)C1=O. The predicted octanol–water partition coefficient (Wildman–Crippen LogP) is 2.47. The van der Waals surface area contributed by atoms with Crippen molar-refractivity contribution in [3.8, 4) is 0 Å². The van der Waals surface area contributed by atoms with Crippen molar-refractivity contribution in [3.05, 3.63) is 0 Å². The summed E-state index contributed by atoms with van der Waals surface area (Å²) in [6.07, 6.45) is 7.55. The lowest BCUT2D eigenvalue weighted by Crippen LogP contribution is -2.68. The highest BCUT2D eigenvalue weighted by atomic mass is 16.2. The van der Waals surface area contributed by atoms with Crippen LogP contribution in [-0.4, -0.2) is 34.8 Å². The molecule has 1 heterocycles. The van der Waals surface area contributed by atoms with Crippen molar-refractivity contribution in [3.63, 3.8) is 0 Å². The molecule has 20 heavy (non-hydrogen) atoms. The van der Waals surface area contributed by atoms with E-state index in [2.05, 4.69) is 12.2 Å². The monoisotopic (exact) mass is 280 g/mol. The maximum Gasteiger partial charge on any atom is 0.249 e. The van der Waals surface area contributed by atoms with Crippen molar-refractivity contribution >= 4 is 11.8 Å². The highest BCUT2D eigenvalue weighted by molar-refractivity contribution is 5.98. The quantitative estimate of drug-likeness (QED) is 0.860. The van der Waals surface area contributed by atoms with Crippen LogP contribution in [0.1, 0.15) is 65.7 Å². The van der Waals surface area contributed by atoms with Crippen LogP contribution in [0.2, 0.25) is 0 Å². The Hall–Kier alpha value is -1.06. The molecule has 1 unspecified atom stereocenters. The Labute approximate surface area is 122 Å². The second kappa shape index (κ2) is 6.15. The third kappa shape index (κ3) is 2.70. The van der Waals surface area contributed by atoms with E-state index in [9.17, 15) is 9.59 Å². The first kappa shape index (κ1) is 15.3. The van der Waals surface area contributed by atoms with Crippen molar-refractivity contribution in [2.45, 2.75) is 77.3 Å². The number of rotatable bonds is 4. The molecule has 1 saturated heterocycles. The summed E-state index contributed by atoms with van der Waals surface area (Å²) in [5.74, 6) is 0.682. The molecule has 0 radical (unpaired) electrons. The third-order valence-electron chi connectivity index (χ3n) is 5.39. The number of piperazine rings is 1. The van der Waals surface area contributed by atoms with E-state index in [-0.39, 0.29) is 24.4 Å². The normalized spacial score (nSPS) is 25.4. The van der Waals surface area contributed by atoms with E-state index in [1.165, 1.54) is 32.1 Å². The van der Waals surface area contributed by atoms with Crippen molar-refractivity contribution in [1.82, 2.24) is 10.2 Å². The average Bonchev–Trinajstić information content (AvgIpc) is 2.49. The highest BCUT2D eigenvalue weighted by Crippen LogP contribution is 2.32. The molecule has 1 N–H and O–H groups in total. The molecule has 0 aromatic carbocycles. The van der Waals surface area contributed by atoms with E-state index >= 15 is 0 Å².